The molecule has 0 saturated heterocycles. The molecule has 0 aromatic rings. The fourth-order valence-corrected chi connectivity index (χ4v) is 0.911. The Balaban J connectivity index is 2.08. The third-order valence-corrected chi connectivity index (χ3v) is 1.82. The Labute approximate surface area is 35.2 Å². The second kappa shape index (κ2) is 1.26. The van der Waals surface area contributed by atoms with Gasteiger partial charge in [-0.3, -0.25) is 0 Å². The summed E-state index contributed by atoms with van der Waals surface area (Å²) in [6.45, 7) is 0. The van der Waals surface area contributed by atoms with Crippen LogP contribution in [-0.2, 0) is 0 Å². The second-order valence-corrected chi connectivity index (χ2v) is 2.63. The fourth-order valence-electron chi connectivity index (χ4n) is 0.440. The Kier molecular flexibility index (Phi) is 0.911. The highest BCUT2D eigenvalue weighted by Crippen LogP contribution is 2.25. The Morgan fingerprint density at radius 3 is 1.80 bits per heavy atom. The highest BCUT2D eigenvalue weighted by Gasteiger charge is 2.09. The van der Waals surface area contributed by atoms with Crippen molar-refractivity contribution in [3.8, 4) is 0 Å². The average Bonchev–Trinajstić information content (AvgIpc) is 1.30. The Morgan fingerprint density at radius 1 is 1.40 bits per heavy atom. The molecule has 1 unspecified atom stereocenters. The summed E-state index contributed by atoms with van der Waals surface area (Å²) in [5, 5.41) is 0. The molecule has 0 bridgehead atoms. The van der Waals surface area contributed by atoms with Gasteiger partial charge in [-0.1, -0.05) is 6.42 Å². The Bertz CT molecular complexity index is 30.6. The molecule has 0 spiro atoms. The van der Waals surface area contributed by atoms with Gasteiger partial charge in [0.2, 0.25) is 0 Å². The quantitative estimate of drug-likeness (QED) is 0.393. The molecule has 5 heavy (non-hydrogen) atoms. The van der Waals surface area contributed by atoms with Gasteiger partial charge in [0.1, 0.15) is 0 Å². The van der Waals surface area contributed by atoms with Crippen LogP contribution in [0.2, 0.25) is 0 Å². The third-order valence-electron chi connectivity index (χ3n) is 1.15. The van der Waals surface area contributed by atoms with Crippen LogP contribution in [0.3, 0.4) is 0 Å². The topological polar surface area (TPSA) is 0 Å². The lowest BCUT2D eigenvalue weighted by molar-refractivity contribution is 0.522. The largest absolute Gasteiger partial charge is 0.134 e. The summed E-state index contributed by atoms with van der Waals surface area (Å²) in [4.78, 5) is 0. The SMILES string of the molecule is PC1CCC1. The number of rotatable bonds is 0. The predicted octanol–water partition coefficient (Wildman–Crippen LogP) is 1.41. The van der Waals surface area contributed by atoms with E-state index in [1.165, 1.54) is 19.3 Å². The van der Waals surface area contributed by atoms with Gasteiger partial charge < -0.3 is 0 Å². The maximum atomic E-state index is 2.82. The molecule has 0 amide bonds. The first-order valence-corrected chi connectivity index (χ1v) is 2.82. The van der Waals surface area contributed by atoms with E-state index in [2.05, 4.69) is 9.24 Å². The number of hydrogen-bond acceptors (Lipinski definition) is 0. The van der Waals surface area contributed by atoms with Gasteiger partial charge in [0.15, 0.2) is 0 Å². The molecule has 0 aliphatic heterocycles. The van der Waals surface area contributed by atoms with Crippen LogP contribution in [0.15, 0.2) is 0 Å². The van der Waals surface area contributed by atoms with Gasteiger partial charge >= 0.3 is 0 Å². The molecule has 1 rings (SSSR count). The average molecular weight is 88.1 g/mol. The first-order chi connectivity index (χ1) is 2.39. The van der Waals surface area contributed by atoms with Crippen LogP contribution in [0.5, 0.6) is 0 Å². The van der Waals surface area contributed by atoms with E-state index in [4.69, 9.17) is 0 Å². The molecule has 30 valence electrons. The normalized spacial score (nSPS) is 25.8. The molecule has 1 fully saturated rings. The highest BCUT2D eigenvalue weighted by atomic mass is 31.0. The molecule has 1 aliphatic rings. The predicted molar refractivity (Wildman–Crippen MR) is 27.3 cm³/mol. The summed E-state index contributed by atoms with van der Waals surface area (Å²) in [6.07, 6.45) is 4.36. The third kappa shape index (κ3) is 0.633. The van der Waals surface area contributed by atoms with Crippen molar-refractivity contribution in [3.63, 3.8) is 0 Å². The van der Waals surface area contributed by atoms with Crippen LogP contribution >= 0.6 is 9.24 Å². The van der Waals surface area contributed by atoms with Gasteiger partial charge in [-0.2, -0.15) is 0 Å². The molecule has 0 nitrogen and oxygen atoms in total. The minimum absolute atomic E-state index is 0.981. The van der Waals surface area contributed by atoms with E-state index in [1.807, 2.05) is 0 Å². The van der Waals surface area contributed by atoms with Crippen molar-refractivity contribution in [3.05, 3.63) is 0 Å². The van der Waals surface area contributed by atoms with Gasteiger partial charge in [-0.05, 0) is 18.5 Å². The van der Waals surface area contributed by atoms with Gasteiger partial charge in [-0.25, -0.2) is 0 Å². The maximum Gasteiger partial charge on any atom is -0.0264 e. The van der Waals surface area contributed by atoms with Crippen LogP contribution in [-0.4, -0.2) is 5.66 Å². The van der Waals surface area contributed by atoms with Crippen molar-refractivity contribution in [2.75, 3.05) is 0 Å². The summed E-state index contributed by atoms with van der Waals surface area (Å²) < 4.78 is 0. The van der Waals surface area contributed by atoms with E-state index in [9.17, 15) is 0 Å². The molecule has 1 aliphatic carbocycles. The van der Waals surface area contributed by atoms with E-state index < -0.39 is 0 Å². The molecule has 0 heterocycles. The van der Waals surface area contributed by atoms with Gasteiger partial charge in [0, 0.05) is 0 Å². The van der Waals surface area contributed by atoms with Crippen molar-refractivity contribution < 1.29 is 0 Å². The Hall–Kier alpha value is 0.430. The van der Waals surface area contributed by atoms with Crippen LogP contribution in [0.4, 0.5) is 0 Å². The standard InChI is InChI=1S/C4H9P/c5-4-2-1-3-4/h4H,1-3,5H2. The molecule has 1 saturated carbocycles. The van der Waals surface area contributed by atoms with E-state index in [0.717, 1.165) is 5.66 Å². The minimum Gasteiger partial charge on any atom is -0.134 e. The first-order valence-electron chi connectivity index (χ1n) is 2.15. The lowest BCUT2D eigenvalue weighted by atomic mass is 10.00. The Morgan fingerprint density at radius 2 is 1.80 bits per heavy atom. The van der Waals surface area contributed by atoms with Crippen molar-refractivity contribution in [2.45, 2.75) is 24.9 Å². The van der Waals surface area contributed by atoms with Crippen molar-refractivity contribution in [1.29, 1.82) is 0 Å². The van der Waals surface area contributed by atoms with Crippen molar-refractivity contribution in [2.24, 2.45) is 0 Å². The monoisotopic (exact) mass is 88.0 g/mol. The van der Waals surface area contributed by atoms with Crippen molar-refractivity contribution in [1.82, 2.24) is 0 Å². The minimum atomic E-state index is 0.981. The second-order valence-electron chi connectivity index (χ2n) is 1.69. The van der Waals surface area contributed by atoms with E-state index >= 15 is 0 Å². The van der Waals surface area contributed by atoms with Crippen LogP contribution in [0.1, 0.15) is 19.3 Å². The smallest absolute Gasteiger partial charge is 0.0264 e. The van der Waals surface area contributed by atoms with Crippen LogP contribution in [0.25, 0.3) is 0 Å². The summed E-state index contributed by atoms with van der Waals surface area (Å²) in [7, 11) is 2.82. The summed E-state index contributed by atoms with van der Waals surface area (Å²) >= 11 is 0. The summed E-state index contributed by atoms with van der Waals surface area (Å²) in [5.74, 6) is 0. The van der Waals surface area contributed by atoms with Gasteiger partial charge in [0.05, 0.1) is 0 Å². The molecular weight excluding hydrogens is 79.0 g/mol. The highest BCUT2D eigenvalue weighted by molar-refractivity contribution is 7.17. The summed E-state index contributed by atoms with van der Waals surface area (Å²) in [6, 6.07) is 0. The van der Waals surface area contributed by atoms with Gasteiger partial charge in [0.25, 0.3) is 0 Å². The molecule has 0 N–H and O–H groups in total. The van der Waals surface area contributed by atoms with Gasteiger partial charge in [-0.15, -0.1) is 9.24 Å². The van der Waals surface area contributed by atoms with E-state index in [0.29, 0.717) is 0 Å². The zero-order valence-corrected chi connectivity index (χ0v) is 4.43. The molecular formula is C4H9P. The zero-order chi connectivity index (χ0) is 3.70. The molecule has 0 aromatic carbocycles. The van der Waals surface area contributed by atoms with Crippen LogP contribution in [0, 0.1) is 0 Å². The molecule has 0 radical (unpaired) electrons. The molecule has 1 heteroatoms. The van der Waals surface area contributed by atoms with Crippen LogP contribution < -0.4 is 0 Å². The maximum absolute atomic E-state index is 2.82. The first kappa shape index (κ1) is 3.61. The zero-order valence-electron chi connectivity index (χ0n) is 3.28. The summed E-state index contributed by atoms with van der Waals surface area (Å²) in [5.41, 5.74) is 0.981. The van der Waals surface area contributed by atoms with E-state index in [1.54, 1.807) is 0 Å². The molecule has 1 atom stereocenters. The lowest BCUT2D eigenvalue weighted by Crippen LogP contribution is -2.07. The molecule has 0 aromatic heterocycles. The lowest BCUT2D eigenvalue weighted by Gasteiger charge is -2.18. The van der Waals surface area contributed by atoms with Crippen molar-refractivity contribution >= 4 is 9.24 Å². The van der Waals surface area contributed by atoms with E-state index in [-0.39, 0.29) is 0 Å². The fraction of sp³-hybridized carbons (Fsp3) is 1.00. The number of hydrogen-bond donors (Lipinski definition) is 0.